The molecule has 0 saturated carbocycles. The summed E-state index contributed by atoms with van der Waals surface area (Å²) in [5, 5.41) is 3.15. The summed E-state index contributed by atoms with van der Waals surface area (Å²) < 4.78 is 0. The van der Waals surface area contributed by atoms with Crippen molar-refractivity contribution in [1.29, 1.82) is 0 Å². The number of piperidine rings is 1. The van der Waals surface area contributed by atoms with Gasteiger partial charge in [0.1, 0.15) is 0 Å². The number of hydrogen-bond donors (Lipinski definition) is 1. The lowest BCUT2D eigenvalue weighted by atomic mass is 9.98. The smallest absolute Gasteiger partial charge is 0.228 e. The summed E-state index contributed by atoms with van der Waals surface area (Å²) in [7, 11) is 0. The molecule has 2 aromatic heterocycles. The maximum atomic E-state index is 4.78. The number of nitrogens with one attached hydrogen (secondary N) is 1. The van der Waals surface area contributed by atoms with E-state index in [0.29, 0.717) is 17.8 Å². The minimum absolute atomic E-state index is 0.356. The highest BCUT2D eigenvalue weighted by atomic mass is 15.2. The highest BCUT2D eigenvalue weighted by Gasteiger charge is 2.25. The van der Waals surface area contributed by atoms with Crippen molar-refractivity contribution in [3.05, 3.63) is 72.4 Å². The zero-order valence-electron chi connectivity index (χ0n) is 16.0. The van der Waals surface area contributed by atoms with Crippen LogP contribution in [0.1, 0.15) is 43.0 Å². The van der Waals surface area contributed by atoms with Gasteiger partial charge in [0.05, 0.1) is 17.9 Å². The van der Waals surface area contributed by atoms with Crippen molar-refractivity contribution in [2.75, 3.05) is 18.4 Å². The van der Waals surface area contributed by atoms with Gasteiger partial charge in [0, 0.05) is 18.6 Å². The number of nitrogens with zero attached hydrogens (tertiary/aromatic N) is 5. The average molecular weight is 374 g/mol. The predicted octanol–water partition coefficient (Wildman–Crippen LogP) is 4.17. The molecule has 6 heteroatoms. The number of aromatic nitrogens is 4. The third-order valence-electron chi connectivity index (χ3n) is 5.19. The van der Waals surface area contributed by atoms with Gasteiger partial charge < -0.3 is 5.32 Å². The van der Waals surface area contributed by atoms with Crippen LogP contribution in [0, 0.1) is 0 Å². The van der Waals surface area contributed by atoms with Gasteiger partial charge in [-0.05, 0) is 50.4 Å². The second-order valence-electron chi connectivity index (χ2n) is 7.16. The summed E-state index contributed by atoms with van der Waals surface area (Å²) >= 11 is 0. The van der Waals surface area contributed by atoms with Gasteiger partial charge >= 0.3 is 0 Å². The largest absolute Gasteiger partial charge is 0.307 e. The van der Waals surface area contributed by atoms with Crippen LogP contribution in [0.5, 0.6) is 0 Å². The van der Waals surface area contributed by atoms with E-state index in [1.165, 1.54) is 18.4 Å². The molecule has 1 saturated heterocycles. The molecule has 0 aliphatic carbocycles. The molecular formula is C22H26N6. The zero-order chi connectivity index (χ0) is 19.0. The fraction of sp³-hybridized carbons (Fsp3) is 0.364. The third-order valence-corrected chi connectivity index (χ3v) is 5.19. The normalized spacial score (nSPS) is 17.4. The Kier molecular flexibility index (Phi) is 6.19. The van der Waals surface area contributed by atoms with Crippen LogP contribution in [0.2, 0.25) is 0 Å². The maximum absolute atomic E-state index is 4.78. The van der Waals surface area contributed by atoms with E-state index in [1.807, 2.05) is 12.3 Å². The summed E-state index contributed by atoms with van der Waals surface area (Å²) in [6, 6.07) is 13.1. The minimum atomic E-state index is 0.356. The lowest BCUT2D eigenvalue weighted by molar-refractivity contribution is 0.144. The van der Waals surface area contributed by atoms with Crippen LogP contribution < -0.4 is 5.32 Å². The Hall–Kier alpha value is -2.86. The van der Waals surface area contributed by atoms with Crippen molar-refractivity contribution in [2.24, 2.45) is 0 Å². The summed E-state index contributed by atoms with van der Waals surface area (Å²) in [6.07, 6.45) is 12.7. The lowest BCUT2D eigenvalue weighted by Gasteiger charge is -2.35. The molecule has 6 nitrogen and oxygen atoms in total. The van der Waals surface area contributed by atoms with Gasteiger partial charge in [-0.1, -0.05) is 36.8 Å². The molecule has 1 atom stereocenters. The molecule has 3 heterocycles. The highest BCUT2D eigenvalue weighted by molar-refractivity contribution is 5.45. The molecule has 144 valence electrons. The van der Waals surface area contributed by atoms with Gasteiger partial charge in [0.2, 0.25) is 5.95 Å². The first-order valence-corrected chi connectivity index (χ1v) is 10.0. The summed E-state index contributed by atoms with van der Waals surface area (Å²) in [6.45, 7) is 2.23. The zero-order valence-corrected chi connectivity index (χ0v) is 16.0. The Labute approximate surface area is 166 Å². The van der Waals surface area contributed by atoms with E-state index in [-0.39, 0.29) is 0 Å². The Balaban J connectivity index is 1.41. The Morgan fingerprint density at radius 3 is 2.79 bits per heavy atom. The number of aryl methyl sites for hydroxylation is 1. The van der Waals surface area contributed by atoms with Gasteiger partial charge in [0.25, 0.3) is 0 Å². The number of likely N-dealkylation sites (tertiary alicyclic amines) is 1. The van der Waals surface area contributed by atoms with Crippen LogP contribution in [-0.2, 0) is 6.42 Å². The van der Waals surface area contributed by atoms with Gasteiger partial charge in [-0.25, -0.2) is 15.0 Å². The standard InChI is InChI=1S/C22H26N6/c1-2-7-18(8-3-1)9-6-16-28-15-5-4-10-20(28)19-11-12-25-22(26-19)27-21-17-23-13-14-24-21/h1-3,7-8,11-14,17,20H,4-6,9-10,15-16H2,(H,24,25,26,27)/t20-/m1/s1. The number of hydrogen-bond acceptors (Lipinski definition) is 6. The molecule has 4 rings (SSSR count). The van der Waals surface area contributed by atoms with Crippen molar-refractivity contribution in [3.63, 3.8) is 0 Å². The molecule has 0 bridgehead atoms. The second-order valence-corrected chi connectivity index (χ2v) is 7.16. The van der Waals surface area contributed by atoms with E-state index in [2.05, 4.69) is 55.5 Å². The van der Waals surface area contributed by atoms with E-state index in [1.54, 1.807) is 18.6 Å². The van der Waals surface area contributed by atoms with E-state index < -0.39 is 0 Å². The van der Waals surface area contributed by atoms with E-state index in [4.69, 9.17) is 4.98 Å². The fourth-order valence-electron chi connectivity index (χ4n) is 3.82. The highest BCUT2D eigenvalue weighted by Crippen LogP contribution is 2.30. The number of anilines is 2. The topological polar surface area (TPSA) is 66.8 Å². The molecule has 1 N–H and O–H groups in total. The van der Waals surface area contributed by atoms with Crippen LogP contribution in [-0.4, -0.2) is 37.9 Å². The first kappa shape index (κ1) is 18.5. The van der Waals surface area contributed by atoms with Crippen molar-refractivity contribution in [3.8, 4) is 0 Å². The van der Waals surface area contributed by atoms with Crippen molar-refractivity contribution >= 4 is 11.8 Å². The van der Waals surface area contributed by atoms with E-state index in [9.17, 15) is 0 Å². The summed E-state index contributed by atoms with van der Waals surface area (Å²) in [5.41, 5.74) is 2.49. The van der Waals surface area contributed by atoms with Crippen LogP contribution in [0.25, 0.3) is 0 Å². The molecule has 1 aliphatic heterocycles. The molecule has 0 unspecified atom stereocenters. The predicted molar refractivity (Wildman–Crippen MR) is 110 cm³/mol. The fourth-order valence-corrected chi connectivity index (χ4v) is 3.82. The summed E-state index contributed by atoms with van der Waals surface area (Å²) in [5.74, 6) is 1.23. The Morgan fingerprint density at radius 2 is 1.93 bits per heavy atom. The maximum Gasteiger partial charge on any atom is 0.228 e. The van der Waals surface area contributed by atoms with E-state index >= 15 is 0 Å². The van der Waals surface area contributed by atoms with Crippen LogP contribution in [0.4, 0.5) is 11.8 Å². The van der Waals surface area contributed by atoms with Gasteiger partial charge in [-0.2, -0.15) is 0 Å². The molecule has 0 amide bonds. The molecule has 0 radical (unpaired) electrons. The molecular weight excluding hydrogens is 348 g/mol. The van der Waals surface area contributed by atoms with Crippen molar-refractivity contribution < 1.29 is 0 Å². The molecule has 1 fully saturated rings. The SMILES string of the molecule is c1ccc(CCCN2CCCC[C@@H]2c2ccnc(Nc3cnccn3)n2)cc1. The van der Waals surface area contributed by atoms with Crippen molar-refractivity contribution in [2.45, 2.75) is 38.1 Å². The van der Waals surface area contributed by atoms with Gasteiger partial charge in [-0.15, -0.1) is 0 Å². The third kappa shape index (κ3) is 4.89. The van der Waals surface area contributed by atoms with Crippen molar-refractivity contribution in [1.82, 2.24) is 24.8 Å². The molecule has 0 spiro atoms. The summed E-state index contributed by atoms with van der Waals surface area (Å²) in [4.78, 5) is 20.0. The first-order chi connectivity index (χ1) is 13.9. The van der Waals surface area contributed by atoms with Crippen LogP contribution in [0.3, 0.4) is 0 Å². The molecule has 1 aromatic carbocycles. The van der Waals surface area contributed by atoms with E-state index in [0.717, 1.165) is 38.0 Å². The number of benzene rings is 1. The van der Waals surface area contributed by atoms with Gasteiger partial charge in [0.15, 0.2) is 5.82 Å². The molecule has 1 aliphatic rings. The molecule has 28 heavy (non-hydrogen) atoms. The average Bonchev–Trinajstić information content (AvgIpc) is 2.76. The minimum Gasteiger partial charge on any atom is -0.307 e. The molecule has 3 aromatic rings. The lowest BCUT2D eigenvalue weighted by Crippen LogP contribution is -2.35. The van der Waals surface area contributed by atoms with Gasteiger partial charge in [-0.3, -0.25) is 9.88 Å². The van der Waals surface area contributed by atoms with Crippen LogP contribution in [0.15, 0.2) is 61.2 Å². The quantitative estimate of drug-likeness (QED) is 0.669. The second kappa shape index (κ2) is 9.37. The Morgan fingerprint density at radius 1 is 1.00 bits per heavy atom. The Bertz CT molecular complexity index is 855. The van der Waals surface area contributed by atoms with Crippen LogP contribution >= 0.6 is 0 Å². The number of rotatable bonds is 7. The monoisotopic (exact) mass is 374 g/mol. The first-order valence-electron chi connectivity index (χ1n) is 10.0.